The number of rotatable bonds is 4. The van der Waals surface area contributed by atoms with E-state index >= 15 is 0 Å². The summed E-state index contributed by atoms with van der Waals surface area (Å²) in [5, 5.41) is 0.151. The Balaban J connectivity index is 2.25. The Morgan fingerprint density at radius 2 is 1.89 bits per heavy atom. The summed E-state index contributed by atoms with van der Waals surface area (Å²) in [4.78, 5) is 7.79. The molecule has 0 atom stereocenters. The van der Waals surface area contributed by atoms with E-state index in [2.05, 4.69) is 9.97 Å². The average Bonchev–Trinajstić information content (AvgIpc) is 2.40. The van der Waals surface area contributed by atoms with Crippen molar-refractivity contribution in [2.45, 2.75) is 11.4 Å². The van der Waals surface area contributed by atoms with Gasteiger partial charge in [-0.15, -0.1) is 0 Å². The van der Waals surface area contributed by atoms with Crippen molar-refractivity contribution < 1.29 is 8.42 Å². The lowest BCUT2D eigenvalue weighted by Gasteiger charge is -2.17. The summed E-state index contributed by atoms with van der Waals surface area (Å²) in [6.45, 7) is 0.269. The molecule has 100 valence electrons. The van der Waals surface area contributed by atoms with Gasteiger partial charge in [-0.3, -0.25) is 4.98 Å². The predicted octanol–water partition coefficient (Wildman–Crippen LogP) is 1.95. The van der Waals surface area contributed by atoms with Crippen LogP contribution >= 0.6 is 11.6 Å². The maximum absolute atomic E-state index is 12.3. The van der Waals surface area contributed by atoms with Crippen molar-refractivity contribution in [3.63, 3.8) is 0 Å². The molecule has 0 spiro atoms. The summed E-state index contributed by atoms with van der Waals surface area (Å²) in [7, 11) is -2.05. The lowest BCUT2D eigenvalue weighted by atomic mass is 10.3. The number of pyridine rings is 2. The molecular formula is C12H12ClN3O2S. The second kappa shape index (κ2) is 5.64. The molecule has 0 radical (unpaired) electrons. The third-order valence-electron chi connectivity index (χ3n) is 2.56. The summed E-state index contributed by atoms with van der Waals surface area (Å²) in [6, 6.07) is 6.29. The van der Waals surface area contributed by atoms with Gasteiger partial charge in [0.15, 0.2) is 0 Å². The minimum absolute atomic E-state index is 0.129. The maximum atomic E-state index is 12.3. The first-order valence-electron chi connectivity index (χ1n) is 5.47. The molecule has 0 aliphatic rings. The number of halogens is 1. The molecule has 0 amide bonds. The van der Waals surface area contributed by atoms with Crippen LogP contribution in [-0.2, 0) is 16.6 Å². The molecule has 0 fully saturated rings. The number of hydrogen-bond donors (Lipinski definition) is 0. The first-order chi connectivity index (χ1) is 9.00. The van der Waals surface area contributed by atoms with Gasteiger partial charge in [-0.2, -0.15) is 4.31 Å². The van der Waals surface area contributed by atoms with E-state index in [1.165, 1.54) is 29.7 Å². The Labute approximate surface area is 116 Å². The van der Waals surface area contributed by atoms with E-state index in [1.807, 2.05) is 0 Å². The summed E-state index contributed by atoms with van der Waals surface area (Å²) >= 11 is 5.71. The molecule has 19 heavy (non-hydrogen) atoms. The van der Waals surface area contributed by atoms with Crippen molar-refractivity contribution in [2.75, 3.05) is 7.05 Å². The van der Waals surface area contributed by atoms with Crippen LogP contribution in [0.5, 0.6) is 0 Å². The Morgan fingerprint density at radius 3 is 2.53 bits per heavy atom. The lowest BCUT2D eigenvalue weighted by Crippen LogP contribution is -2.26. The fourth-order valence-electron chi connectivity index (χ4n) is 1.56. The largest absolute Gasteiger partial charge is 0.265 e. The van der Waals surface area contributed by atoms with E-state index in [9.17, 15) is 8.42 Å². The fraction of sp³-hybridized carbons (Fsp3) is 0.167. The van der Waals surface area contributed by atoms with Gasteiger partial charge in [-0.25, -0.2) is 13.4 Å². The van der Waals surface area contributed by atoms with Crippen LogP contribution in [0.3, 0.4) is 0 Å². The SMILES string of the molecule is CN(Cc1ccncc1)S(=O)(=O)c1ccnc(Cl)c1. The summed E-state index contributed by atoms with van der Waals surface area (Å²) in [5.41, 5.74) is 0.862. The van der Waals surface area contributed by atoms with Gasteiger partial charge in [0, 0.05) is 32.2 Å². The van der Waals surface area contributed by atoms with E-state index in [1.54, 1.807) is 24.5 Å². The molecule has 0 aromatic carbocycles. The molecule has 0 aliphatic heterocycles. The van der Waals surface area contributed by atoms with Gasteiger partial charge in [-0.05, 0) is 29.8 Å². The second-order valence-electron chi connectivity index (χ2n) is 3.93. The minimum Gasteiger partial charge on any atom is -0.265 e. The first-order valence-corrected chi connectivity index (χ1v) is 7.29. The lowest BCUT2D eigenvalue weighted by molar-refractivity contribution is 0.466. The normalized spacial score (nSPS) is 11.7. The Bertz CT molecular complexity index is 662. The van der Waals surface area contributed by atoms with Crippen molar-refractivity contribution in [3.05, 3.63) is 53.6 Å². The van der Waals surface area contributed by atoms with Crippen LogP contribution < -0.4 is 0 Å². The van der Waals surface area contributed by atoms with Gasteiger partial charge >= 0.3 is 0 Å². The Kier molecular flexibility index (Phi) is 4.14. The molecule has 0 bridgehead atoms. The average molecular weight is 298 g/mol. The number of nitrogens with zero attached hydrogens (tertiary/aromatic N) is 3. The van der Waals surface area contributed by atoms with Crippen LogP contribution in [-0.4, -0.2) is 29.7 Å². The third kappa shape index (κ3) is 3.28. The zero-order valence-corrected chi connectivity index (χ0v) is 11.8. The summed E-state index contributed by atoms with van der Waals surface area (Å²) < 4.78 is 25.9. The quantitative estimate of drug-likeness (QED) is 0.809. The number of sulfonamides is 1. The van der Waals surface area contributed by atoms with Crippen LogP contribution in [0.2, 0.25) is 5.15 Å². The van der Waals surface area contributed by atoms with Crippen LogP contribution in [0.25, 0.3) is 0 Å². The third-order valence-corrected chi connectivity index (χ3v) is 4.57. The molecule has 0 saturated carbocycles. The van der Waals surface area contributed by atoms with Crippen molar-refractivity contribution in [2.24, 2.45) is 0 Å². The minimum atomic E-state index is -3.57. The standard InChI is InChI=1S/C12H12ClN3O2S/c1-16(9-10-2-5-14-6-3-10)19(17,18)11-4-7-15-12(13)8-11/h2-8H,9H2,1H3. The molecule has 0 aliphatic carbocycles. The van der Waals surface area contributed by atoms with Crippen LogP contribution in [0.4, 0.5) is 0 Å². The molecule has 2 aromatic heterocycles. The van der Waals surface area contributed by atoms with Crippen molar-refractivity contribution in [1.29, 1.82) is 0 Å². The van der Waals surface area contributed by atoms with Gasteiger partial charge in [0.1, 0.15) is 5.15 Å². The summed E-state index contributed by atoms with van der Waals surface area (Å²) in [6.07, 6.45) is 4.62. The highest BCUT2D eigenvalue weighted by Gasteiger charge is 2.21. The van der Waals surface area contributed by atoms with Crippen molar-refractivity contribution >= 4 is 21.6 Å². The van der Waals surface area contributed by atoms with E-state index in [0.29, 0.717) is 0 Å². The van der Waals surface area contributed by atoms with Gasteiger partial charge in [-0.1, -0.05) is 11.6 Å². The van der Waals surface area contributed by atoms with Gasteiger partial charge in [0.25, 0.3) is 0 Å². The smallest absolute Gasteiger partial charge is 0.243 e. The van der Waals surface area contributed by atoms with Crippen LogP contribution in [0.15, 0.2) is 47.8 Å². The van der Waals surface area contributed by atoms with Crippen molar-refractivity contribution in [3.8, 4) is 0 Å². The van der Waals surface area contributed by atoms with Crippen LogP contribution in [0.1, 0.15) is 5.56 Å². The molecule has 5 nitrogen and oxygen atoms in total. The highest BCUT2D eigenvalue weighted by Crippen LogP contribution is 2.18. The maximum Gasteiger partial charge on any atom is 0.243 e. The number of aromatic nitrogens is 2. The summed E-state index contributed by atoms with van der Waals surface area (Å²) in [5.74, 6) is 0. The van der Waals surface area contributed by atoms with Gasteiger partial charge < -0.3 is 0 Å². The van der Waals surface area contributed by atoms with E-state index in [-0.39, 0.29) is 16.6 Å². The predicted molar refractivity (Wildman–Crippen MR) is 72.1 cm³/mol. The zero-order valence-electron chi connectivity index (χ0n) is 10.2. The van der Waals surface area contributed by atoms with Gasteiger partial charge in [0.05, 0.1) is 4.90 Å². The molecule has 0 saturated heterocycles. The first kappa shape index (κ1) is 13.9. The molecule has 2 heterocycles. The topological polar surface area (TPSA) is 63.2 Å². The van der Waals surface area contributed by atoms with Crippen molar-refractivity contribution in [1.82, 2.24) is 14.3 Å². The fourth-order valence-corrected chi connectivity index (χ4v) is 2.97. The number of hydrogen-bond acceptors (Lipinski definition) is 4. The highest BCUT2D eigenvalue weighted by atomic mass is 35.5. The van der Waals surface area contributed by atoms with Crippen LogP contribution in [0, 0.1) is 0 Å². The highest BCUT2D eigenvalue weighted by molar-refractivity contribution is 7.89. The monoisotopic (exact) mass is 297 g/mol. The molecular weight excluding hydrogens is 286 g/mol. The zero-order chi connectivity index (χ0) is 13.9. The van der Waals surface area contributed by atoms with E-state index in [4.69, 9.17) is 11.6 Å². The molecule has 0 unspecified atom stereocenters. The molecule has 2 aromatic rings. The van der Waals surface area contributed by atoms with Gasteiger partial charge in [0.2, 0.25) is 10.0 Å². The Morgan fingerprint density at radius 1 is 1.21 bits per heavy atom. The van der Waals surface area contributed by atoms with E-state index in [0.717, 1.165) is 5.56 Å². The molecule has 7 heteroatoms. The van der Waals surface area contributed by atoms with E-state index < -0.39 is 10.0 Å². The molecule has 0 N–H and O–H groups in total. The second-order valence-corrected chi connectivity index (χ2v) is 6.36. The molecule has 2 rings (SSSR count). The Hall–Kier alpha value is -1.50.